The van der Waals surface area contributed by atoms with Gasteiger partial charge in [0.2, 0.25) is 0 Å². The minimum atomic E-state index is -4.60. The molecule has 0 aromatic rings. The van der Waals surface area contributed by atoms with Gasteiger partial charge >= 0.3 is 6.36 Å². The highest BCUT2D eigenvalue weighted by molar-refractivity contribution is 5.15. The zero-order chi connectivity index (χ0) is 10.4. The SMILES string of the molecule is C=C(OC(F)(F)F)C1C(C)C1(C)C. The predicted molar refractivity (Wildman–Crippen MR) is 42.7 cm³/mol. The molecule has 1 aliphatic rings. The van der Waals surface area contributed by atoms with Crippen LogP contribution < -0.4 is 0 Å². The van der Waals surface area contributed by atoms with Crippen LogP contribution in [0.5, 0.6) is 0 Å². The van der Waals surface area contributed by atoms with Crippen LogP contribution in [-0.4, -0.2) is 6.36 Å². The van der Waals surface area contributed by atoms with Gasteiger partial charge in [-0.3, -0.25) is 0 Å². The number of hydrogen-bond donors (Lipinski definition) is 0. The van der Waals surface area contributed by atoms with Gasteiger partial charge in [0.15, 0.2) is 0 Å². The number of ether oxygens (including phenoxy) is 1. The highest BCUT2D eigenvalue weighted by Gasteiger charge is 2.58. The molecule has 76 valence electrons. The van der Waals surface area contributed by atoms with Crippen molar-refractivity contribution in [2.24, 2.45) is 17.3 Å². The second kappa shape index (κ2) is 2.66. The number of halogens is 3. The first-order valence-electron chi connectivity index (χ1n) is 4.11. The first-order valence-corrected chi connectivity index (χ1v) is 4.11. The third-order valence-electron chi connectivity index (χ3n) is 2.96. The molecule has 0 N–H and O–H groups in total. The first-order chi connectivity index (χ1) is 5.66. The van der Waals surface area contributed by atoms with Crippen LogP contribution >= 0.6 is 0 Å². The smallest absolute Gasteiger partial charge is 0.411 e. The average Bonchev–Trinajstić information content (AvgIpc) is 2.27. The van der Waals surface area contributed by atoms with Crippen molar-refractivity contribution >= 4 is 0 Å². The Balaban J connectivity index is 2.54. The standard InChI is InChI=1S/C9H13F3O/c1-5-7(8(5,3)4)6(2)13-9(10,11)12/h5,7H,2H2,1,3-4H3. The van der Waals surface area contributed by atoms with Crippen molar-refractivity contribution in [1.29, 1.82) is 0 Å². The Morgan fingerprint density at radius 1 is 1.38 bits per heavy atom. The molecule has 2 unspecified atom stereocenters. The van der Waals surface area contributed by atoms with E-state index in [2.05, 4.69) is 11.3 Å². The van der Waals surface area contributed by atoms with E-state index in [1.54, 1.807) is 0 Å². The molecule has 0 aliphatic heterocycles. The van der Waals surface area contributed by atoms with Gasteiger partial charge in [0.05, 0.1) is 0 Å². The van der Waals surface area contributed by atoms with Gasteiger partial charge in [0, 0.05) is 5.92 Å². The first kappa shape index (κ1) is 10.4. The summed E-state index contributed by atoms with van der Waals surface area (Å²) < 4.78 is 39.1. The highest BCUT2D eigenvalue weighted by atomic mass is 19.4. The van der Waals surface area contributed by atoms with Gasteiger partial charge in [0.1, 0.15) is 5.76 Å². The summed E-state index contributed by atoms with van der Waals surface area (Å²) in [5, 5.41) is 0. The Kier molecular flexibility index (Phi) is 2.13. The normalized spacial score (nSPS) is 31.2. The lowest BCUT2D eigenvalue weighted by molar-refractivity contribution is -0.307. The van der Waals surface area contributed by atoms with Crippen LogP contribution in [0.15, 0.2) is 12.3 Å². The van der Waals surface area contributed by atoms with E-state index in [4.69, 9.17) is 0 Å². The minimum Gasteiger partial charge on any atom is -0.411 e. The van der Waals surface area contributed by atoms with Gasteiger partial charge in [0.25, 0.3) is 0 Å². The molecule has 2 atom stereocenters. The Hall–Kier alpha value is -0.670. The van der Waals surface area contributed by atoms with E-state index in [0.29, 0.717) is 0 Å². The Morgan fingerprint density at radius 2 is 1.77 bits per heavy atom. The van der Waals surface area contributed by atoms with E-state index in [0.717, 1.165) is 0 Å². The molecule has 1 aliphatic carbocycles. The van der Waals surface area contributed by atoms with Crippen LogP contribution in [-0.2, 0) is 4.74 Å². The largest absolute Gasteiger partial charge is 0.572 e. The lowest BCUT2D eigenvalue weighted by atomic mass is 10.1. The summed E-state index contributed by atoms with van der Waals surface area (Å²) in [5.41, 5.74) is -0.109. The number of alkyl halides is 3. The Labute approximate surface area is 75.6 Å². The quantitative estimate of drug-likeness (QED) is 0.612. The van der Waals surface area contributed by atoms with Crippen molar-refractivity contribution in [2.75, 3.05) is 0 Å². The maximum absolute atomic E-state index is 11.8. The molecular weight excluding hydrogens is 181 g/mol. The van der Waals surface area contributed by atoms with Crippen LogP contribution in [0.4, 0.5) is 13.2 Å². The zero-order valence-corrected chi connectivity index (χ0v) is 7.90. The summed E-state index contributed by atoms with van der Waals surface area (Å²) in [5.74, 6) is -0.124. The fourth-order valence-corrected chi connectivity index (χ4v) is 1.80. The van der Waals surface area contributed by atoms with E-state index < -0.39 is 6.36 Å². The molecule has 0 amide bonds. The summed E-state index contributed by atoms with van der Waals surface area (Å²) in [6, 6.07) is 0. The molecule has 0 radical (unpaired) electrons. The van der Waals surface area contributed by atoms with E-state index in [9.17, 15) is 13.2 Å². The number of allylic oxidation sites excluding steroid dienone is 1. The van der Waals surface area contributed by atoms with E-state index in [-0.39, 0.29) is 23.0 Å². The van der Waals surface area contributed by atoms with Gasteiger partial charge in [-0.05, 0) is 11.3 Å². The Bertz CT molecular complexity index is 230. The average molecular weight is 194 g/mol. The summed E-state index contributed by atoms with van der Waals surface area (Å²) in [7, 11) is 0. The third kappa shape index (κ3) is 1.98. The van der Waals surface area contributed by atoms with Crippen molar-refractivity contribution in [3.63, 3.8) is 0 Å². The van der Waals surface area contributed by atoms with Gasteiger partial charge in [-0.1, -0.05) is 27.4 Å². The molecule has 0 heterocycles. The topological polar surface area (TPSA) is 9.23 Å². The lowest BCUT2D eigenvalue weighted by Crippen LogP contribution is -2.14. The summed E-state index contributed by atoms with van der Waals surface area (Å²) >= 11 is 0. The van der Waals surface area contributed by atoms with Gasteiger partial charge in [-0.2, -0.15) is 0 Å². The van der Waals surface area contributed by atoms with Gasteiger partial charge in [-0.15, -0.1) is 13.2 Å². The minimum absolute atomic E-state index is 0.109. The van der Waals surface area contributed by atoms with Crippen molar-refractivity contribution in [2.45, 2.75) is 27.1 Å². The van der Waals surface area contributed by atoms with Crippen molar-refractivity contribution in [3.8, 4) is 0 Å². The number of hydrogen-bond acceptors (Lipinski definition) is 1. The molecule has 1 saturated carbocycles. The maximum atomic E-state index is 11.8. The molecule has 13 heavy (non-hydrogen) atoms. The molecule has 4 heteroatoms. The molecule has 1 nitrogen and oxygen atoms in total. The maximum Gasteiger partial charge on any atom is 0.572 e. The van der Waals surface area contributed by atoms with Gasteiger partial charge < -0.3 is 4.74 Å². The molecule has 0 spiro atoms. The lowest BCUT2D eigenvalue weighted by Gasteiger charge is -2.12. The second-order valence-corrected chi connectivity index (χ2v) is 4.10. The predicted octanol–water partition coefficient (Wildman–Crippen LogP) is 3.33. The monoisotopic (exact) mass is 194 g/mol. The van der Waals surface area contributed by atoms with Crippen molar-refractivity contribution in [3.05, 3.63) is 12.3 Å². The molecule has 1 fully saturated rings. The molecule has 0 aromatic carbocycles. The molecule has 1 rings (SSSR count). The second-order valence-electron chi connectivity index (χ2n) is 4.10. The fourth-order valence-electron chi connectivity index (χ4n) is 1.80. The van der Waals surface area contributed by atoms with Crippen LogP contribution in [0.25, 0.3) is 0 Å². The highest BCUT2D eigenvalue weighted by Crippen LogP contribution is 2.61. The third-order valence-corrected chi connectivity index (χ3v) is 2.96. The molecule has 0 bridgehead atoms. The summed E-state index contributed by atoms with van der Waals surface area (Å²) in [4.78, 5) is 0. The van der Waals surface area contributed by atoms with Crippen molar-refractivity contribution in [1.82, 2.24) is 0 Å². The van der Waals surface area contributed by atoms with E-state index in [1.165, 1.54) is 0 Å². The van der Waals surface area contributed by atoms with E-state index in [1.807, 2.05) is 20.8 Å². The van der Waals surface area contributed by atoms with Crippen LogP contribution in [0.3, 0.4) is 0 Å². The number of rotatable bonds is 2. The fraction of sp³-hybridized carbons (Fsp3) is 0.778. The van der Waals surface area contributed by atoms with Crippen LogP contribution in [0, 0.1) is 17.3 Å². The van der Waals surface area contributed by atoms with E-state index >= 15 is 0 Å². The molecule has 0 saturated heterocycles. The van der Waals surface area contributed by atoms with Crippen molar-refractivity contribution < 1.29 is 17.9 Å². The zero-order valence-electron chi connectivity index (χ0n) is 7.90. The molecule has 0 aromatic heterocycles. The van der Waals surface area contributed by atoms with Gasteiger partial charge in [-0.25, -0.2) is 0 Å². The van der Waals surface area contributed by atoms with Crippen LogP contribution in [0.2, 0.25) is 0 Å². The summed E-state index contributed by atoms with van der Waals surface area (Å²) in [6.07, 6.45) is -4.60. The summed E-state index contributed by atoms with van der Waals surface area (Å²) in [6.45, 7) is 9.02. The Morgan fingerprint density at radius 3 is 2.00 bits per heavy atom. The van der Waals surface area contributed by atoms with Crippen LogP contribution in [0.1, 0.15) is 20.8 Å². The molecular formula is C9H13F3O.